The first-order valence-corrected chi connectivity index (χ1v) is 7.58. The summed E-state index contributed by atoms with van der Waals surface area (Å²) in [4.78, 5) is 1.83. The van der Waals surface area contributed by atoms with Crippen LogP contribution in [0.5, 0.6) is 0 Å². The van der Waals surface area contributed by atoms with Gasteiger partial charge in [0.15, 0.2) is 0 Å². The number of hydrogen-bond donors (Lipinski definition) is 1. The van der Waals surface area contributed by atoms with Crippen molar-refractivity contribution in [1.82, 2.24) is 5.32 Å². The quantitative estimate of drug-likeness (QED) is 0.783. The molecule has 1 heterocycles. The minimum Gasteiger partial charge on any atom is -0.383 e. The Bertz CT molecular complexity index is 445. The van der Waals surface area contributed by atoms with Crippen LogP contribution in [-0.2, 0) is 11.3 Å². The van der Waals surface area contributed by atoms with E-state index in [0.717, 1.165) is 25.9 Å². The molecule has 118 valence electrons. The molecule has 21 heavy (non-hydrogen) atoms. The van der Waals surface area contributed by atoms with Gasteiger partial charge in [-0.25, -0.2) is 8.78 Å². The van der Waals surface area contributed by atoms with Crippen molar-refractivity contribution in [2.24, 2.45) is 5.92 Å². The summed E-state index contributed by atoms with van der Waals surface area (Å²) >= 11 is 0. The number of nitrogens with zero attached hydrogens (tertiary/aromatic N) is 1. The van der Waals surface area contributed by atoms with Crippen molar-refractivity contribution in [3.8, 4) is 0 Å². The lowest BCUT2D eigenvalue weighted by Gasteiger charge is -2.20. The molecule has 1 N–H and O–H groups in total. The molecule has 1 atom stereocenters. The molecular formula is C16H24F2N2O. The first-order valence-electron chi connectivity index (χ1n) is 7.58. The number of benzene rings is 1. The van der Waals surface area contributed by atoms with Crippen LogP contribution < -0.4 is 10.2 Å². The van der Waals surface area contributed by atoms with Gasteiger partial charge in [0.25, 0.3) is 0 Å². The fourth-order valence-electron chi connectivity index (χ4n) is 2.80. The summed E-state index contributed by atoms with van der Waals surface area (Å²) in [7, 11) is 1.62. The zero-order chi connectivity index (χ0) is 15.2. The van der Waals surface area contributed by atoms with Crippen molar-refractivity contribution < 1.29 is 13.5 Å². The molecule has 1 unspecified atom stereocenters. The van der Waals surface area contributed by atoms with Crippen LogP contribution >= 0.6 is 0 Å². The molecule has 0 spiro atoms. The van der Waals surface area contributed by atoms with E-state index >= 15 is 0 Å². The van der Waals surface area contributed by atoms with Crippen LogP contribution in [0, 0.1) is 17.6 Å². The van der Waals surface area contributed by atoms with Crippen molar-refractivity contribution in [2.45, 2.75) is 26.3 Å². The van der Waals surface area contributed by atoms with E-state index in [1.165, 1.54) is 12.1 Å². The number of ether oxygens (including phenoxy) is 1. The number of methoxy groups -OCH3 is 1. The lowest BCUT2D eigenvalue weighted by Crippen LogP contribution is -2.23. The highest BCUT2D eigenvalue weighted by molar-refractivity contribution is 5.51. The van der Waals surface area contributed by atoms with E-state index in [2.05, 4.69) is 12.2 Å². The maximum Gasteiger partial charge on any atom is 0.149 e. The molecule has 0 radical (unpaired) electrons. The van der Waals surface area contributed by atoms with Crippen LogP contribution in [-0.4, -0.2) is 33.4 Å². The third-order valence-electron chi connectivity index (χ3n) is 4.07. The summed E-state index contributed by atoms with van der Waals surface area (Å²) in [5, 5.41) is 3.09. The van der Waals surface area contributed by atoms with Crippen LogP contribution in [0.1, 0.15) is 25.3 Å². The van der Waals surface area contributed by atoms with Gasteiger partial charge in [0, 0.05) is 33.3 Å². The Balaban J connectivity index is 2.03. The van der Waals surface area contributed by atoms with E-state index in [1.54, 1.807) is 7.11 Å². The Hall–Kier alpha value is -1.20. The number of hydrogen-bond acceptors (Lipinski definition) is 3. The monoisotopic (exact) mass is 298 g/mol. The molecule has 5 heteroatoms. The van der Waals surface area contributed by atoms with E-state index in [4.69, 9.17) is 4.74 Å². The largest absolute Gasteiger partial charge is 0.383 e. The first kappa shape index (κ1) is 16.2. The Morgan fingerprint density at radius 2 is 2.05 bits per heavy atom. The van der Waals surface area contributed by atoms with Crippen LogP contribution in [0.3, 0.4) is 0 Å². The SMILES string of the molecule is CCC1CCN(c2c(F)cc(CNCCOC)cc2F)C1. The summed E-state index contributed by atoms with van der Waals surface area (Å²) in [6, 6.07) is 2.86. The van der Waals surface area contributed by atoms with Crippen LogP contribution in [0.15, 0.2) is 12.1 Å². The second-order valence-corrected chi connectivity index (χ2v) is 5.59. The highest BCUT2D eigenvalue weighted by Gasteiger charge is 2.26. The van der Waals surface area contributed by atoms with E-state index in [0.29, 0.717) is 31.2 Å². The smallest absolute Gasteiger partial charge is 0.149 e. The Kier molecular flexibility index (Phi) is 5.94. The minimum atomic E-state index is -0.463. The predicted molar refractivity (Wildman–Crippen MR) is 80.6 cm³/mol. The molecule has 0 saturated carbocycles. The van der Waals surface area contributed by atoms with Gasteiger partial charge >= 0.3 is 0 Å². The predicted octanol–water partition coefficient (Wildman–Crippen LogP) is 2.94. The van der Waals surface area contributed by atoms with Crippen LogP contribution in [0.25, 0.3) is 0 Å². The van der Waals surface area contributed by atoms with Gasteiger partial charge in [0.2, 0.25) is 0 Å². The van der Waals surface area contributed by atoms with Gasteiger partial charge in [0.05, 0.1) is 6.61 Å². The summed E-state index contributed by atoms with van der Waals surface area (Å²) in [6.45, 7) is 5.28. The lowest BCUT2D eigenvalue weighted by atomic mass is 10.1. The molecule has 0 bridgehead atoms. The summed E-state index contributed by atoms with van der Waals surface area (Å²) < 4.78 is 33.4. The van der Waals surface area contributed by atoms with Crippen molar-refractivity contribution in [3.05, 3.63) is 29.3 Å². The van der Waals surface area contributed by atoms with Crippen molar-refractivity contribution in [1.29, 1.82) is 0 Å². The van der Waals surface area contributed by atoms with E-state index < -0.39 is 11.6 Å². The molecule has 1 fully saturated rings. The molecule has 0 amide bonds. The van der Waals surface area contributed by atoms with E-state index in [-0.39, 0.29) is 5.69 Å². The number of rotatable bonds is 7. The Morgan fingerprint density at radius 3 is 2.62 bits per heavy atom. The molecular weight excluding hydrogens is 274 g/mol. The third-order valence-corrected chi connectivity index (χ3v) is 4.07. The number of halogens is 2. The molecule has 0 aliphatic carbocycles. The number of anilines is 1. The summed E-state index contributed by atoms with van der Waals surface area (Å²) in [6.07, 6.45) is 2.07. The van der Waals surface area contributed by atoms with Crippen molar-refractivity contribution in [2.75, 3.05) is 38.3 Å². The molecule has 0 aromatic heterocycles. The third kappa shape index (κ3) is 4.14. The van der Waals surface area contributed by atoms with Crippen molar-refractivity contribution in [3.63, 3.8) is 0 Å². The van der Waals surface area contributed by atoms with Gasteiger partial charge in [0.1, 0.15) is 17.3 Å². The molecule has 1 aliphatic heterocycles. The molecule has 1 aliphatic rings. The molecule has 2 rings (SSSR count). The maximum atomic E-state index is 14.2. The normalized spacial score (nSPS) is 18.5. The highest BCUT2D eigenvalue weighted by atomic mass is 19.1. The molecule has 1 saturated heterocycles. The van der Waals surface area contributed by atoms with Gasteiger partial charge in [-0.15, -0.1) is 0 Å². The fraction of sp³-hybridized carbons (Fsp3) is 0.625. The second-order valence-electron chi connectivity index (χ2n) is 5.59. The summed E-state index contributed by atoms with van der Waals surface area (Å²) in [5.41, 5.74) is 0.752. The van der Waals surface area contributed by atoms with E-state index in [9.17, 15) is 8.78 Å². The molecule has 3 nitrogen and oxygen atoms in total. The van der Waals surface area contributed by atoms with Crippen molar-refractivity contribution >= 4 is 5.69 Å². The fourth-order valence-corrected chi connectivity index (χ4v) is 2.80. The van der Waals surface area contributed by atoms with Gasteiger partial charge in [-0.3, -0.25) is 0 Å². The summed E-state index contributed by atoms with van der Waals surface area (Å²) in [5.74, 6) is -0.384. The van der Waals surface area contributed by atoms with Gasteiger partial charge in [-0.05, 0) is 30.0 Å². The zero-order valence-corrected chi connectivity index (χ0v) is 12.8. The lowest BCUT2D eigenvalue weighted by molar-refractivity contribution is 0.199. The van der Waals surface area contributed by atoms with Gasteiger partial charge in [-0.1, -0.05) is 13.3 Å². The topological polar surface area (TPSA) is 24.5 Å². The van der Waals surface area contributed by atoms with Gasteiger partial charge < -0.3 is 15.0 Å². The van der Waals surface area contributed by atoms with E-state index in [1.807, 2.05) is 4.90 Å². The standard InChI is InChI=1S/C16H24F2N2O/c1-3-12-4-6-20(11-12)16-14(17)8-13(9-15(16)18)10-19-5-7-21-2/h8-9,12,19H,3-7,10-11H2,1-2H3. The second kappa shape index (κ2) is 7.71. The van der Waals surface area contributed by atoms with Gasteiger partial charge in [-0.2, -0.15) is 0 Å². The zero-order valence-electron chi connectivity index (χ0n) is 12.8. The molecule has 1 aromatic rings. The van der Waals surface area contributed by atoms with Crippen LogP contribution in [0.4, 0.5) is 14.5 Å². The first-order chi connectivity index (χ1) is 10.2. The van der Waals surface area contributed by atoms with Crippen LogP contribution in [0.2, 0.25) is 0 Å². The minimum absolute atomic E-state index is 0.131. The average molecular weight is 298 g/mol. The highest BCUT2D eigenvalue weighted by Crippen LogP contribution is 2.30. The Morgan fingerprint density at radius 1 is 1.33 bits per heavy atom. The Labute approximate surface area is 125 Å². The number of nitrogens with one attached hydrogen (secondary N) is 1. The maximum absolute atomic E-state index is 14.2. The molecule has 1 aromatic carbocycles. The average Bonchev–Trinajstić information content (AvgIpc) is 2.91.